The summed E-state index contributed by atoms with van der Waals surface area (Å²) in [5.41, 5.74) is -1.63. The third kappa shape index (κ3) is 9.44. The Morgan fingerprint density at radius 2 is 1.81 bits per heavy atom. The summed E-state index contributed by atoms with van der Waals surface area (Å²) in [6, 6.07) is 8.79. The SMILES string of the molecule is C=C[C@@H]1C[C@]1(NC(=O)[C@@H]1C[C@@H](Oc2cc(Sc3nccs3)nc(-c3ccccc3)n2)CN1C(=O)[C@@H](NC(=O)OC1CCCC1)C(C)(C)C)C(=O)NS(=O)(=O)C1CC1. The molecule has 3 heterocycles. The summed E-state index contributed by atoms with van der Waals surface area (Å²) in [5, 5.41) is 7.37. The van der Waals surface area contributed by atoms with Crippen LogP contribution in [0.3, 0.4) is 0 Å². The highest BCUT2D eigenvalue weighted by Gasteiger charge is 2.62. The number of nitrogens with zero attached hydrogens (tertiary/aromatic N) is 4. The molecule has 0 spiro atoms. The molecule has 15 nitrogen and oxygen atoms in total. The van der Waals surface area contributed by atoms with E-state index in [2.05, 4.69) is 26.9 Å². The quantitative estimate of drug-likeness (QED) is 0.148. The maximum atomic E-state index is 14.7. The van der Waals surface area contributed by atoms with Gasteiger partial charge in [0.15, 0.2) is 10.2 Å². The molecule has 18 heteroatoms. The molecule has 304 valence electrons. The van der Waals surface area contributed by atoms with Crippen LogP contribution in [-0.4, -0.2) is 93.7 Å². The van der Waals surface area contributed by atoms with Gasteiger partial charge in [-0.2, -0.15) is 4.98 Å². The van der Waals surface area contributed by atoms with E-state index >= 15 is 0 Å². The third-order valence-electron chi connectivity index (χ3n) is 10.6. The minimum absolute atomic E-state index is 0.00257. The normalized spacial score (nSPS) is 24.0. The highest BCUT2D eigenvalue weighted by molar-refractivity contribution is 8.01. The number of hydrogen-bond acceptors (Lipinski definition) is 13. The molecule has 3 N–H and O–H groups in total. The van der Waals surface area contributed by atoms with Crippen LogP contribution in [0, 0.1) is 11.3 Å². The number of nitrogens with one attached hydrogen (secondary N) is 3. The van der Waals surface area contributed by atoms with Crippen molar-refractivity contribution in [3.8, 4) is 17.3 Å². The molecule has 57 heavy (non-hydrogen) atoms. The van der Waals surface area contributed by atoms with Crippen LogP contribution in [0.1, 0.15) is 72.1 Å². The van der Waals surface area contributed by atoms with Crippen LogP contribution in [0.2, 0.25) is 0 Å². The van der Waals surface area contributed by atoms with Crippen LogP contribution in [0.4, 0.5) is 4.79 Å². The fourth-order valence-electron chi connectivity index (χ4n) is 7.27. The van der Waals surface area contributed by atoms with Crippen LogP contribution in [0.5, 0.6) is 5.88 Å². The molecule has 5 atom stereocenters. The minimum Gasteiger partial charge on any atom is -0.472 e. The highest BCUT2D eigenvalue weighted by atomic mass is 32.2. The fraction of sp³-hybridized carbons (Fsp3) is 0.513. The van der Waals surface area contributed by atoms with Gasteiger partial charge in [0, 0.05) is 35.5 Å². The lowest BCUT2D eigenvalue weighted by molar-refractivity contribution is -0.143. The van der Waals surface area contributed by atoms with Crippen LogP contribution in [0.15, 0.2) is 70.0 Å². The van der Waals surface area contributed by atoms with Gasteiger partial charge < -0.3 is 25.0 Å². The van der Waals surface area contributed by atoms with Crippen molar-refractivity contribution in [1.29, 1.82) is 0 Å². The Hall–Kier alpha value is -4.55. The number of likely N-dealkylation sites (tertiary alicyclic amines) is 1. The molecule has 4 amide bonds. The first kappa shape index (κ1) is 40.6. The Balaban J connectivity index is 1.17. The van der Waals surface area contributed by atoms with Crippen LogP contribution in [0.25, 0.3) is 11.4 Å². The summed E-state index contributed by atoms with van der Waals surface area (Å²) in [5.74, 6) is -1.98. The lowest BCUT2D eigenvalue weighted by Gasteiger charge is -2.35. The topological polar surface area (TPSA) is 199 Å². The smallest absolute Gasteiger partial charge is 0.408 e. The molecule has 0 radical (unpaired) electrons. The molecule has 3 aliphatic carbocycles. The van der Waals surface area contributed by atoms with Gasteiger partial charge in [-0.25, -0.2) is 23.2 Å². The van der Waals surface area contributed by atoms with Gasteiger partial charge in [0.2, 0.25) is 27.7 Å². The lowest BCUT2D eigenvalue weighted by atomic mass is 9.85. The standard InChI is InChI=1S/C39H47N7O8S3/c1-5-24-21-39(24,35(49)45-57(51,52)27-15-16-27)44-33(47)28-19-26(22-46(28)34(48)31(38(2,3)4)43-36(50)54-25-13-9-10-14-25)53-29-20-30(56-37-40-17-18-55-37)42-32(41-29)23-11-7-6-8-12-23/h5-8,11-12,17-18,20,24-28,31H,1,9-10,13-16,19,21-22H2,2-4H3,(H,43,50)(H,44,47)(H,45,49)/t24-,26-,28+,31-,39-/m1/s1. The van der Waals surface area contributed by atoms with Crippen molar-refractivity contribution < 1.29 is 37.1 Å². The number of amides is 4. The second-order valence-corrected chi connectivity index (χ2v) is 20.2. The maximum Gasteiger partial charge on any atom is 0.408 e. The van der Waals surface area contributed by atoms with E-state index in [4.69, 9.17) is 19.4 Å². The number of hydrogen-bond donors (Lipinski definition) is 3. The number of carbonyl (C=O) groups is 4. The monoisotopic (exact) mass is 837 g/mol. The first-order chi connectivity index (χ1) is 27.1. The number of sulfonamides is 1. The molecule has 1 aromatic carbocycles. The molecule has 4 aliphatic rings. The van der Waals surface area contributed by atoms with Crippen molar-refractivity contribution >= 4 is 56.9 Å². The second-order valence-electron chi connectivity index (χ2n) is 16.1. The molecule has 1 aliphatic heterocycles. The first-order valence-electron chi connectivity index (χ1n) is 19.1. The molecule has 2 aromatic heterocycles. The Morgan fingerprint density at radius 3 is 2.44 bits per heavy atom. The Morgan fingerprint density at radius 1 is 1.07 bits per heavy atom. The molecule has 1 saturated heterocycles. The lowest BCUT2D eigenvalue weighted by Crippen LogP contribution is -2.60. The second kappa shape index (κ2) is 16.4. The van der Waals surface area contributed by atoms with Crippen molar-refractivity contribution in [3.63, 3.8) is 0 Å². The summed E-state index contributed by atoms with van der Waals surface area (Å²) in [6.07, 6.45) is 5.92. The molecule has 3 aromatic rings. The first-order valence-corrected chi connectivity index (χ1v) is 22.4. The Bertz CT molecular complexity index is 2100. The largest absolute Gasteiger partial charge is 0.472 e. The Kier molecular flexibility index (Phi) is 11.7. The predicted molar refractivity (Wildman–Crippen MR) is 213 cm³/mol. The van der Waals surface area contributed by atoms with Crippen LogP contribution < -0.4 is 20.1 Å². The van der Waals surface area contributed by atoms with E-state index in [-0.39, 0.29) is 31.4 Å². The average molecular weight is 838 g/mol. The van der Waals surface area contributed by atoms with Crippen molar-refractivity contribution in [1.82, 2.24) is 35.2 Å². The van der Waals surface area contributed by atoms with Crippen molar-refractivity contribution in [2.45, 2.75) is 117 Å². The van der Waals surface area contributed by atoms with Crippen molar-refractivity contribution in [2.75, 3.05) is 6.54 Å². The van der Waals surface area contributed by atoms with Crippen molar-refractivity contribution in [2.24, 2.45) is 11.3 Å². The van der Waals surface area contributed by atoms with Gasteiger partial charge in [-0.3, -0.25) is 19.1 Å². The van der Waals surface area contributed by atoms with Gasteiger partial charge in [-0.15, -0.1) is 17.9 Å². The number of alkyl carbamates (subject to hydrolysis) is 1. The van der Waals surface area contributed by atoms with Gasteiger partial charge in [0.1, 0.15) is 34.9 Å². The molecular weight excluding hydrogens is 791 g/mol. The van der Waals surface area contributed by atoms with Crippen LogP contribution >= 0.6 is 23.1 Å². The number of aromatic nitrogens is 3. The van der Waals surface area contributed by atoms with Crippen LogP contribution in [-0.2, 0) is 29.1 Å². The van der Waals surface area contributed by atoms with Gasteiger partial charge >= 0.3 is 6.09 Å². The maximum absolute atomic E-state index is 14.7. The zero-order chi connectivity index (χ0) is 40.5. The molecule has 0 bridgehead atoms. The highest BCUT2D eigenvalue weighted by Crippen LogP contribution is 2.45. The van der Waals surface area contributed by atoms with Crippen molar-refractivity contribution in [3.05, 3.63) is 60.6 Å². The van der Waals surface area contributed by atoms with E-state index in [1.165, 1.54) is 34.1 Å². The fourth-order valence-corrected chi connectivity index (χ4v) is 10.2. The van der Waals surface area contributed by atoms with E-state index in [0.29, 0.717) is 23.7 Å². The summed E-state index contributed by atoms with van der Waals surface area (Å²) in [6.45, 7) is 9.13. The molecule has 3 saturated carbocycles. The zero-order valence-electron chi connectivity index (χ0n) is 32.0. The molecular formula is C39H47N7O8S3. The zero-order valence-corrected chi connectivity index (χ0v) is 34.5. The van der Waals surface area contributed by atoms with Gasteiger partial charge in [-0.05, 0) is 62.1 Å². The molecule has 0 unspecified atom stereocenters. The summed E-state index contributed by atoms with van der Waals surface area (Å²) >= 11 is 2.80. The summed E-state index contributed by atoms with van der Waals surface area (Å²) in [4.78, 5) is 71.0. The molecule has 4 fully saturated rings. The molecule has 7 rings (SSSR count). The summed E-state index contributed by atoms with van der Waals surface area (Å²) < 4.78 is 40.6. The van der Waals surface area contributed by atoms with Gasteiger partial charge in [0.25, 0.3) is 5.91 Å². The van der Waals surface area contributed by atoms with E-state index in [1.54, 1.807) is 33.0 Å². The average Bonchev–Trinajstić information content (AvgIpc) is 3.94. The van der Waals surface area contributed by atoms with E-state index in [9.17, 15) is 27.6 Å². The number of carbonyl (C=O) groups excluding carboxylic acids is 4. The third-order valence-corrected chi connectivity index (χ3v) is 14.3. The van der Waals surface area contributed by atoms with E-state index in [1.807, 2.05) is 35.7 Å². The number of thiazole rings is 1. The number of rotatable bonds is 14. The van der Waals surface area contributed by atoms with Gasteiger partial charge in [0.05, 0.1) is 11.8 Å². The number of ether oxygens (including phenoxy) is 2. The van der Waals surface area contributed by atoms with E-state index < -0.39 is 74.1 Å². The van der Waals surface area contributed by atoms with Gasteiger partial charge in [-0.1, -0.05) is 57.2 Å². The summed E-state index contributed by atoms with van der Waals surface area (Å²) in [7, 11) is -3.91. The van der Waals surface area contributed by atoms with E-state index in [0.717, 1.165) is 35.6 Å². The minimum atomic E-state index is -3.91. The number of benzene rings is 1. The predicted octanol–water partition coefficient (Wildman–Crippen LogP) is 4.85. The Labute approximate surface area is 340 Å².